The van der Waals surface area contributed by atoms with Crippen LogP contribution in [0.2, 0.25) is 0 Å². The number of aromatic nitrogens is 5. The largest absolute Gasteiger partial charge is 0.358 e. The molecule has 1 fully saturated rings. The Morgan fingerprint density at radius 3 is 3.12 bits per heavy atom. The highest BCUT2D eigenvalue weighted by atomic mass is 19.1. The SMILES string of the molecule is O=C(N[C@@H]1CCNC[C@@H]1F)c1nc(-n2ccnc2)nc2cc[nH]c12. The van der Waals surface area contributed by atoms with Crippen molar-refractivity contribution in [3.8, 4) is 5.95 Å². The van der Waals surface area contributed by atoms with Crippen LogP contribution >= 0.6 is 0 Å². The van der Waals surface area contributed by atoms with Gasteiger partial charge in [-0.15, -0.1) is 0 Å². The quantitative estimate of drug-likeness (QED) is 0.652. The van der Waals surface area contributed by atoms with Crippen LogP contribution in [-0.2, 0) is 0 Å². The zero-order valence-corrected chi connectivity index (χ0v) is 12.7. The van der Waals surface area contributed by atoms with E-state index in [4.69, 9.17) is 0 Å². The van der Waals surface area contributed by atoms with Crippen molar-refractivity contribution in [1.82, 2.24) is 35.1 Å². The van der Waals surface area contributed by atoms with Crippen LogP contribution in [-0.4, -0.2) is 55.7 Å². The van der Waals surface area contributed by atoms with E-state index in [0.29, 0.717) is 29.9 Å². The van der Waals surface area contributed by atoms with E-state index in [9.17, 15) is 9.18 Å². The molecule has 4 rings (SSSR count). The molecule has 0 aliphatic carbocycles. The molecule has 124 valence electrons. The second-order valence-electron chi connectivity index (χ2n) is 5.67. The number of hydrogen-bond acceptors (Lipinski definition) is 5. The Kier molecular flexibility index (Phi) is 3.69. The van der Waals surface area contributed by atoms with Crippen molar-refractivity contribution in [2.24, 2.45) is 0 Å². The molecule has 0 radical (unpaired) electrons. The molecule has 0 spiro atoms. The molecule has 1 aliphatic heterocycles. The first-order chi connectivity index (χ1) is 11.7. The summed E-state index contributed by atoms with van der Waals surface area (Å²) in [4.78, 5) is 28.3. The number of rotatable bonds is 3. The number of piperidine rings is 1. The topological polar surface area (TPSA) is 101 Å². The molecule has 24 heavy (non-hydrogen) atoms. The third kappa shape index (κ3) is 2.62. The Bertz CT molecular complexity index is 860. The summed E-state index contributed by atoms with van der Waals surface area (Å²) < 4.78 is 15.6. The Balaban J connectivity index is 1.69. The fourth-order valence-corrected chi connectivity index (χ4v) is 2.81. The zero-order valence-electron chi connectivity index (χ0n) is 12.7. The van der Waals surface area contributed by atoms with E-state index >= 15 is 0 Å². The summed E-state index contributed by atoms with van der Waals surface area (Å²) in [6.45, 7) is 0.917. The van der Waals surface area contributed by atoms with E-state index in [1.54, 1.807) is 35.6 Å². The molecule has 3 N–H and O–H groups in total. The maximum Gasteiger partial charge on any atom is 0.272 e. The number of H-pyrrole nitrogens is 1. The van der Waals surface area contributed by atoms with Crippen molar-refractivity contribution < 1.29 is 9.18 Å². The number of aromatic amines is 1. The first kappa shape index (κ1) is 14.8. The summed E-state index contributed by atoms with van der Waals surface area (Å²) in [6, 6.07) is 1.24. The van der Waals surface area contributed by atoms with Crippen molar-refractivity contribution in [1.29, 1.82) is 0 Å². The van der Waals surface area contributed by atoms with Gasteiger partial charge >= 0.3 is 0 Å². The molecular weight excluding hydrogens is 313 g/mol. The Morgan fingerprint density at radius 2 is 2.33 bits per heavy atom. The molecule has 1 aliphatic rings. The summed E-state index contributed by atoms with van der Waals surface area (Å²) in [5.41, 5.74) is 1.33. The number of carbonyl (C=O) groups excluding carboxylic acids is 1. The molecule has 9 heteroatoms. The lowest BCUT2D eigenvalue weighted by Gasteiger charge is -2.27. The van der Waals surface area contributed by atoms with Gasteiger partial charge in [0.15, 0.2) is 5.69 Å². The minimum Gasteiger partial charge on any atom is -0.358 e. The normalized spacial score (nSPS) is 21.0. The summed E-state index contributed by atoms with van der Waals surface area (Å²) >= 11 is 0. The lowest BCUT2D eigenvalue weighted by Crippen LogP contribution is -2.51. The Labute approximate surface area is 136 Å². The maximum atomic E-state index is 14.0. The van der Waals surface area contributed by atoms with Gasteiger partial charge in [-0.25, -0.2) is 19.3 Å². The van der Waals surface area contributed by atoms with E-state index in [1.165, 1.54) is 0 Å². The third-order valence-electron chi connectivity index (χ3n) is 4.07. The average Bonchev–Trinajstić information content (AvgIpc) is 3.27. The van der Waals surface area contributed by atoms with Crippen LogP contribution in [0.3, 0.4) is 0 Å². The number of alkyl halides is 1. The van der Waals surface area contributed by atoms with Gasteiger partial charge in [-0.05, 0) is 19.0 Å². The number of imidazole rings is 1. The number of nitrogens with zero attached hydrogens (tertiary/aromatic N) is 4. The lowest BCUT2D eigenvalue weighted by atomic mass is 10.0. The van der Waals surface area contributed by atoms with Crippen molar-refractivity contribution in [3.05, 3.63) is 36.7 Å². The highest BCUT2D eigenvalue weighted by Crippen LogP contribution is 2.17. The average molecular weight is 329 g/mol. The molecule has 0 unspecified atom stereocenters. The van der Waals surface area contributed by atoms with Crippen LogP contribution in [0.5, 0.6) is 0 Å². The van der Waals surface area contributed by atoms with Crippen molar-refractivity contribution in [2.75, 3.05) is 13.1 Å². The van der Waals surface area contributed by atoms with Crippen molar-refractivity contribution >= 4 is 16.9 Å². The van der Waals surface area contributed by atoms with Gasteiger partial charge in [-0.2, -0.15) is 0 Å². The van der Waals surface area contributed by atoms with Gasteiger partial charge < -0.3 is 15.6 Å². The minimum atomic E-state index is -1.11. The summed E-state index contributed by atoms with van der Waals surface area (Å²) in [5, 5.41) is 5.71. The molecule has 0 aromatic carbocycles. The fourth-order valence-electron chi connectivity index (χ4n) is 2.81. The second kappa shape index (κ2) is 6.00. The first-order valence-electron chi connectivity index (χ1n) is 7.71. The number of nitrogens with one attached hydrogen (secondary N) is 3. The standard InChI is InChI=1S/C15H16FN7O/c16-9-7-17-3-1-10(9)20-14(24)13-12-11(2-4-19-12)21-15(22-13)23-6-5-18-8-23/h2,4-6,8-10,17,19H,1,3,7H2,(H,20,24)/t9-,10+/m0/s1. The molecule has 0 bridgehead atoms. The molecule has 1 amide bonds. The van der Waals surface area contributed by atoms with Crippen LogP contribution in [0.25, 0.3) is 17.0 Å². The highest BCUT2D eigenvalue weighted by molar-refractivity contribution is 6.03. The van der Waals surface area contributed by atoms with E-state index in [1.807, 2.05) is 0 Å². The molecule has 4 heterocycles. The van der Waals surface area contributed by atoms with Gasteiger partial charge in [0, 0.05) is 25.1 Å². The smallest absolute Gasteiger partial charge is 0.272 e. The number of amides is 1. The van der Waals surface area contributed by atoms with Gasteiger partial charge in [0.2, 0.25) is 5.95 Å². The Morgan fingerprint density at radius 1 is 1.42 bits per heavy atom. The van der Waals surface area contributed by atoms with Gasteiger partial charge in [-0.3, -0.25) is 9.36 Å². The van der Waals surface area contributed by atoms with E-state index < -0.39 is 18.1 Å². The molecule has 3 aromatic rings. The van der Waals surface area contributed by atoms with E-state index in [0.717, 1.165) is 0 Å². The summed E-state index contributed by atoms with van der Waals surface area (Å²) in [7, 11) is 0. The lowest BCUT2D eigenvalue weighted by molar-refractivity contribution is 0.0888. The first-order valence-corrected chi connectivity index (χ1v) is 7.71. The van der Waals surface area contributed by atoms with Crippen molar-refractivity contribution in [2.45, 2.75) is 18.6 Å². The van der Waals surface area contributed by atoms with Crippen LogP contribution in [0.4, 0.5) is 4.39 Å². The van der Waals surface area contributed by atoms with Crippen LogP contribution in [0, 0.1) is 0 Å². The minimum absolute atomic E-state index is 0.194. The monoisotopic (exact) mass is 329 g/mol. The predicted molar refractivity (Wildman–Crippen MR) is 84.6 cm³/mol. The summed E-state index contributed by atoms with van der Waals surface area (Å²) in [6.07, 6.45) is 5.97. The molecule has 8 nitrogen and oxygen atoms in total. The van der Waals surface area contributed by atoms with Crippen molar-refractivity contribution in [3.63, 3.8) is 0 Å². The molecule has 1 saturated heterocycles. The molecule has 3 aromatic heterocycles. The van der Waals surface area contributed by atoms with Gasteiger partial charge in [-0.1, -0.05) is 0 Å². The number of fused-ring (bicyclic) bond motifs is 1. The molecule has 0 saturated carbocycles. The zero-order chi connectivity index (χ0) is 16.5. The fraction of sp³-hybridized carbons (Fsp3) is 0.333. The van der Waals surface area contributed by atoms with Crippen LogP contribution in [0.15, 0.2) is 31.0 Å². The van der Waals surface area contributed by atoms with Gasteiger partial charge in [0.1, 0.15) is 12.5 Å². The van der Waals surface area contributed by atoms with Crippen LogP contribution < -0.4 is 10.6 Å². The number of hydrogen-bond donors (Lipinski definition) is 3. The van der Waals surface area contributed by atoms with Gasteiger partial charge in [0.05, 0.1) is 17.1 Å². The number of carbonyl (C=O) groups is 1. The molecule has 2 atom stereocenters. The second-order valence-corrected chi connectivity index (χ2v) is 5.67. The summed E-state index contributed by atoms with van der Waals surface area (Å²) in [5.74, 6) is -0.0763. The molecular formula is C15H16FN7O. The maximum absolute atomic E-state index is 14.0. The Hall–Kier alpha value is -2.81. The third-order valence-corrected chi connectivity index (χ3v) is 4.07. The van der Waals surface area contributed by atoms with E-state index in [-0.39, 0.29) is 12.2 Å². The highest BCUT2D eigenvalue weighted by Gasteiger charge is 2.27. The predicted octanol–water partition coefficient (Wildman–Crippen LogP) is 0.573. The number of halogens is 1. The van der Waals surface area contributed by atoms with Gasteiger partial charge in [0.25, 0.3) is 5.91 Å². The van der Waals surface area contributed by atoms with Crippen LogP contribution in [0.1, 0.15) is 16.9 Å². The van der Waals surface area contributed by atoms with E-state index in [2.05, 4.69) is 30.6 Å².